The molecule has 1 saturated heterocycles. The third-order valence-corrected chi connectivity index (χ3v) is 6.09. The van der Waals surface area contributed by atoms with Crippen molar-refractivity contribution in [2.45, 2.75) is 17.1 Å². The molecular weight excluding hydrogens is 355 g/mol. The van der Waals surface area contributed by atoms with Gasteiger partial charge in [0.15, 0.2) is 0 Å². The maximum Gasteiger partial charge on any atom is 0.416 e. The van der Waals surface area contributed by atoms with Gasteiger partial charge in [-0.3, -0.25) is 0 Å². The summed E-state index contributed by atoms with van der Waals surface area (Å²) in [5, 5.41) is 0. The van der Waals surface area contributed by atoms with Gasteiger partial charge in [0.25, 0.3) is 0 Å². The van der Waals surface area contributed by atoms with Gasteiger partial charge >= 0.3 is 6.18 Å². The molecule has 1 aliphatic rings. The van der Waals surface area contributed by atoms with Crippen molar-refractivity contribution in [2.75, 3.05) is 25.0 Å². The molecule has 5 nitrogen and oxygen atoms in total. The summed E-state index contributed by atoms with van der Waals surface area (Å²) in [6, 6.07) is 8.91. The third-order valence-electron chi connectivity index (χ3n) is 4.19. The summed E-state index contributed by atoms with van der Waals surface area (Å²) in [6.07, 6.45) is -2.94. The molecule has 0 radical (unpaired) electrons. The Morgan fingerprint density at radius 1 is 1.16 bits per heavy atom. The first-order valence-electron chi connectivity index (χ1n) is 7.51. The Balaban J connectivity index is 1.75. The van der Waals surface area contributed by atoms with E-state index in [1.165, 1.54) is 13.1 Å². The number of nitrogens with zero attached hydrogens (tertiary/aromatic N) is 3. The van der Waals surface area contributed by atoms with Crippen molar-refractivity contribution in [1.29, 1.82) is 0 Å². The van der Waals surface area contributed by atoms with Gasteiger partial charge in [-0.15, -0.1) is 0 Å². The van der Waals surface area contributed by atoms with Gasteiger partial charge in [-0.05, 0) is 30.3 Å². The number of rotatable bonds is 4. The summed E-state index contributed by atoms with van der Waals surface area (Å²) in [7, 11) is -2.62. The lowest BCUT2D eigenvalue weighted by atomic mass is 10.1. The number of hydrogen-bond donors (Lipinski definition) is 0. The van der Waals surface area contributed by atoms with Crippen LogP contribution in [0.4, 0.5) is 19.0 Å². The van der Waals surface area contributed by atoms with Crippen LogP contribution < -0.4 is 4.90 Å². The van der Waals surface area contributed by atoms with E-state index >= 15 is 0 Å². The summed E-state index contributed by atoms with van der Waals surface area (Å²) in [6.45, 7) is 0.872. The molecule has 9 heteroatoms. The quantitative estimate of drug-likeness (QED) is 0.829. The molecular formula is C16H16F3N3O2S. The van der Waals surface area contributed by atoms with Gasteiger partial charge in [-0.2, -0.15) is 17.5 Å². The van der Waals surface area contributed by atoms with Gasteiger partial charge in [-0.1, -0.05) is 12.1 Å². The largest absolute Gasteiger partial charge is 0.416 e. The second-order valence-electron chi connectivity index (χ2n) is 5.79. The van der Waals surface area contributed by atoms with E-state index in [0.29, 0.717) is 19.2 Å². The predicted molar refractivity (Wildman–Crippen MR) is 86.6 cm³/mol. The first-order valence-corrected chi connectivity index (χ1v) is 8.95. The standard InChI is InChI=1S/C16H16F3N3O2S/c1-21(13-10-22(11-13)15-7-2-3-8-20-15)25(23,24)14-6-4-5-12(9-14)16(17,18)19/h2-9,13H,10-11H2,1H3. The Hall–Kier alpha value is -2.13. The van der Waals surface area contributed by atoms with Gasteiger partial charge in [0.1, 0.15) is 5.82 Å². The fourth-order valence-corrected chi connectivity index (χ4v) is 3.99. The molecule has 0 spiro atoms. The average Bonchev–Trinajstić information content (AvgIpc) is 2.53. The zero-order valence-electron chi connectivity index (χ0n) is 13.3. The summed E-state index contributed by atoms with van der Waals surface area (Å²) in [4.78, 5) is 5.73. The molecule has 25 heavy (non-hydrogen) atoms. The smallest absolute Gasteiger partial charge is 0.353 e. The Bertz CT molecular complexity index is 850. The number of aromatic nitrogens is 1. The van der Waals surface area contributed by atoms with Crippen molar-refractivity contribution in [3.63, 3.8) is 0 Å². The molecule has 2 heterocycles. The lowest BCUT2D eigenvalue weighted by Crippen LogP contribution is -2.60. The van der Waals surface area contributed by atoms with Gasteiger partial charge in [0.05, 0.1) is 16.5 Å². The van der Waals surface area contributed by atoms with E-state index in [-0.39, 0.29) is 10.9 Å². The molecule has 3 rings (SSSR count). The lowest BCUT2D eigenvalue weighted by molar-refractivity contribution is -0.137. The molecule has 0 N–H and O–H groups in total. The van der Waals surface area contributed by atoms with Gasteiger partial charge < -0.3 is 4.90 Å². The van der Waals surface area contributed by atoms with Crippen molar-refractivity contribution in [3.8, 4) is 0 Å². The van der Waals surface area contributed by atoms with Crippen LogP contribution in [0, 0.1) is 0 Å². The first-order chi connectivity index (χ1) is 11.7. The molecule has 0 atom stereocenters. The van der Waals surface area contributed by atoms with Crippen LogP contribution in [0.1, 0.15) is 5.56 Å². The van der Waals surface area contributed by atoms with E-state index in [4.69, 9.17) is 0 Å². The number of halogens is 3. The Morgan fingerprint density at radius 2 is 1.88 bits per heavy atom. The van der Waals surface area contributed by atoms with Crippen LogP contribution in [-0.2, 0) is 16.2 Å². The van der Waals surface area contributed by atoms with E-state index in [0.717, 1.165) is 22.3 Å². The predicted octanol–water partition coefficient (Wildman–Crippen LogP) is 2.61. The van der Waals surface area contributed by atoms with Crippen molar-refractivity contribution < 1.29 is 21.6 Å². The van der Waals surface area contributed by atoms with Crippen LogP contribution in [-0.4, -0.2) is 43.9 Å². The Morgan fingerprint density at radius 3 is 2.48 bits per heavy atom. The minimum atomic E-state index is -4.59. The maximum absolute atomic E-state index is 12.8. The van der Waals surface area contributed by atoms with Gasteiger partial charge in [-0.25, -0.2) is 13.4 Å². The Kier molecular flexibility index (Phi) is 4.46. The van der Waals surface area contributed by atoms with Gasteiger partial charge in [0, 0.05) is 26.3 Å². The summed E-state index contributed by atoms with van der Waals surface area (Å²) < 4.78 is 64.8. The van der Waals surface area contributed by atoms with Crippen LogP contribution in [0.25, 0.3) is 0 Å². The molecule has 0 aliphatic carbocycles. The number of likely N-dealkylation sites (N-methyl/N-ethyl adjacent to an activating group) is 1. The first kappa shape index (κ1) is 17.7. The number of alkyl halides is 3. The van der Waals surface area contributed by atoms with Crippen molar-refractivity contribution in [3.05, 3.63) is 54.2 Å². The second-order valence-corrected chi connectivity index (χ2v) is 7.79. The summed E-state index contributed by atoms with van der Waals surface area (Å²) in [5.74, 6) is 0.739. The second kappa shape index (κ2) is 6.30. The molecule has 1 aromatic heterocycles. The highest BCUT2D eigenvalue weighted by molar-refractivity contribution is 7.89. The lowest BCUT2D eigenvalue weighted by Gasteiger charge is -2.43. The van der Waals surface area contributed by atoms with E-state index in [2.05, 4.69) is 4.98 Å². The molecule has 2 aromatic rings. The van der Waals surface area contributed by atoms with Crippen molar-refractivity contribution in [2.24, 2.45) is 0 Å². The van der Waals surface area contributed by atoms with E-state index < -0.39 is 21.8 Å². The monoisotopic (exact) mass is 371 g/mol. The van der Waals surface area contributed by atoms with Gasteiger partial charge in [0.2, 0.25) is 10.0 Å². The molecule has 1 fully saturated rings. The highest BCUT2D eigenvalue weighted by Crippen LogP contribution is 2.32. The molecule has 0 unspecified atom stereocenters. The fourth-order valence-electron chi connectivity index (χ4n) is 2.61. The van der Waals surface area contributed by atoms with E-state index in [9.17, 15) is 21.6 Å². The number of pyridine rings is 1. The van der Waals surface area contributed by atoms with Crippen LogP contribution in [0.15, 0.2) is 53.6 Å². The summed E-state index contributed by atoms with van der Waals surface area (Å²) in [5.41, 5.74) is -0.981. The molecule has 134 valence electrons. The number of anilines is 1. The third kappa shape index (κ3) is 3.47. The zero-order chi connectivity index (χ0) is 18.2. The molecule has 0 saturated carbocycles. The van der Waals surface area contributed by atoms with Crippen molar-refractivity contribution in [1.82, 2.24) is 9.29 Å². The minimum absolute atomic E-state index is 0.318. The zero-order valence-corrected chi connectivity index (χ0v) is 14.1. The van der Waals surface area contributed by atoms with Crippen molar-refractivity contribution >= 4 is 15.8 Å². The van der Waals surface area contributed by atoms with E-state index in [1.54, 1.807) is 12.3 Å². The minimum Gasteiger partial charge on any atom is -0.353 e. The molecule has 0 amide bonds. The van der Waals surface area contributed by atoms with E-state index in [1.807, 2.05) is 17.0 Å². The topological polar surface area (TPSA) is 53.5 Å². The number of hydrogen-bond acceptors (Lipinski definition) is 4. The van der Waals surface area contributed by atoms with Crippen LogP contribution in [0.3, 0.4) is 0 Å². The molecule has 1 aromatic carbocycles. The normalized spacial score (nSPS) is 16.1. The van der Waals surface area contributed by atoms with Crippen LogP contribution >= 0.6 is 0 Å². The molecule has 0 bridgehead atoms. The number of sulfonamides is 1. The Labute approximate surface area is 143 Å². The molecule has 1 aliphatic heterocycles. The highest BCUT2D eigenvalue weighted by Gasteiger charge is 2.38. The van der Waals surface area contributed by atoms with Crippen LogP contribution in [0.5, 0.6) is 0 Å². The SMILES string of the molecule is CN(C1CN(c2ccccn2)C1)S(=O)(=O)c1cccc(C(F)(F)F)c1. The maximum atomic E-state index is 12.8. The fraction of sp³-hybridized carbons (Fsp3) is 0.312. The average molecular weight is 371 g/mol. The number of benzene rings is 1. The summed E-state index contributed by atoms with van der Waals surface area (Å²) >= 11 is 0. The van der Waals surface area contributed by atoms with Crippen LogP contribution in [0.2, 0.25) is 0 Å². The highest BCUT2D eigenvalue weighted by atomic mass is 32.2.